The molecule has 0 saturated heterocycles. The molecule has 3 aromatic heterocycles. The van der Waals surface area contributed by atoms with Gasteiger partial charge in [0.05, 0.1) is 22.3 Å². The number of para-hydroxylation sites is 1. The largest absolute Gasteiger partial charge is 0.417 e. The molecule has 310 valence electrons. The highest BCUT2D eigenvalue weighted by Crippen LogP contribution is 2.42. The van der Waals surface area contributed by atoms with E-state index in [1.807, 2.05) is 164 Å². The number of aromatic nitrogens is 7. The van der Waals surface area contributed by atoms with Gasteiger partial charge in [0.15, 0.2) is 34.9 Å². The first-order valence-corrected chi connectivity index (χ1v) is 20.9. The van der Waals surface area contributed by atoms with Crippen LogP contribution in [0.5, 0.6) is 0 Å². The van der Waals surface area contributed by atoms with Crippen molar-refractivity contribution in [2.45, 2.75) is 6.18 Å². The fraction of sp³-hybridized carbons (Fsp3) is 0.0182. The van der Waals surface area contributed by atoms with Crippen molar-refractivity contribution in [1.82, 2.24) is 34.5 Å². The quantitative estimate of drug-likeness (QED) is 0.151. The maximum atomic E-state index is 14.7. The number of alkyl halides is 3. The summed E-state index contributed by atoms with van der Waals surface area (Å²) in [5, 5.41) is 1.81. The Morgan fingerprint density at radius 1 is 0.308 bits per heavy atom. The summed E-state index contributed by atoms with van der Waals surface area (Å²) in [4.78, 5) is 29.9. The molecular formula is C55H34F3N7. The van der Waals surface area contributed by atoms with E-state index in [0.29, 0.717) is 51.8 Å². The molecule has 0 spiro atoms. The van der Waals surface area contributed by atoms with Crippen molar-refractivity contribution in [3.8, 4) is 85.1 Å². The number of rotatable bonds is 8. The fourth-order valence-corrected chi connectivity index (χ4v) is 8.29. The maximum Gasteiger partial charge on any atom is 0.417 e. The van der Waals surface area contributed by atoms with Gasteiger partial charge in [0.1, 0.15) is 0 Å². The van der Waals surface area contributed by atoms with Gasteiger partial charge in [-0.15, -0.1) is 0 Å². The first-order valence-electron chi connectivity index (χ1n) is 20.9. The van der Waals surface area contributed by atoms with Crippen LogP contribution < -0.4 is 0 Å². The molecule has 0 unspecified atom stereocenters. The lowest BCUT2D eigenvalue weighted by molar-refractivity contribution is -0.137. The third-order valence-electron chi connectivity index (χ3n) is 11.4. The van der Waals surface area contributed by atoms with Crippen LogP contribution in [-0.2, 0) is 6.18 Å². The van der Waals surface area contributed by atoms with Crippen LogP contribution in [0.3, 0.4) is 0 Å². The van der Waals surface area contributed by atoms with E-state index in [-0.39, 0.29) is 5.56 Å². The van der Waals surface area contributed by atoms with Gasteiger partial charge in [-0.2, -0.15) is 13.2 Å². The fourth-order valence-electron chi connectivity index (χ4n) is 8.29. The minimum atomic E-state index is -4.59. The lowest BCUT2D eigenvalue weighted by Crippen LogP contribution is -2.07. The normalized spacial score (nSPS) is 11.6. The van der Waals surface area contributed by atoms with Crippen LogP contribution in [0.1, 0.15) is 5.56 Å². The van der Waals surface area contributed by atoms with E-state index in [4.69, 9.17) is 29.9 Å². The Balaban J connectivity index is 1.17. The number of hydrogen-bond donors (Lipinski definition) is 0. The average molecular weight is 850 g/mol. The van der Waals surface area contributed by atoms with Crippen LogP contribution in [-0.4, -0.2) is 34.5 Å². The minimum Gasteiger partial charge on any atom is -0.308 e. The SMILES string of the molecule is FC(F)(F)c1ccccc1-c1ccc(-c2nc(-c3ccccc3)nc(-c3ccccc3)n2)c(-n2c3ccccc3c3cc(-c4nc(-c5ccccc5)nc(-c5ccccc5)n4)ccc32)c1. The van der Waals surface area contributed by atoms with Gasteiger partial charge in [0.25, 0.3) is 0 Å². The molecule has 0 aliphatic rings. The second-order valence-corrected chi connectivity index (χ2v) is 15.4. The summed E-state index contributed by atoms with van der Waals surface area (Å²) < 4.78 is 46.0. The third-order valence-corrected chi connectivity index (χ3v) is 11.4. The molecule has 0 bridgehead atoms. The molecule has 3 heterocycles. The standard InChI is InChI=1S/C55H34F3N7/c56-55(57,58)45-27-15-13-25-41(45)39-29-31-43(54-63-51(37-21-9-3-10-22-37)60-52(64-54)38-23-11-4-12-24-38)48(34-39)65-46-28-16-14-26-42(46)44-33-40(30-32-47(44)65)53-61-49(35-17-5-1-6-18-35)59-50(62-53)36-19-7-2-8-20-36/h1-34H. The van der Waals surface area contributed by atoms with E-state index in [1.54, 1.807) is 18.2 Å². The van der Waals surface area contributed by atoms with E-state index in [0.717, 1.165) is 55.7 Å². The van der Waals surface area contributed by atoms with Crippen molar-refractivity contribution in [3.05, 3.63) is 212 Å². The van der Waals surface area contributed by atoms with E-state index >= 15 is 0 Å². The molecule has 8 aromatic carbocycles. The topological polar surface area (TPSA) is 82.3 Å². The molecule has 0 amide bonds. The van der Waals surface area contributed by atoms with Gasteiger partial charge in [0.2, 0.25) is 0 Å². The van der Waals surface area contributed by atoms with Gasteiger partial charge < -0.3 is 4.57 Å². The Bertz CT molecular complexity index is 3410. The van der Waals surface area contributed by atoms with Crippen molar-refractivity contribution < 1.29 is 13.2 Å². The van der Waals surface area contributed by atoms with Crippen LogP contribution in [0.15, 0.2) is 206 Å². The highest BCUT2D eigenvalue weighted by Gasteiger charge is 2.33. The van der Waals surface area contributed by atoms with Crippen molar-refractivity contribution in [2.75, 3.05) is 0 Å². The summed E-state index contributed by atoms with van der Waals surface area (Å²) in [6.45, 7) is 0. The predicted octanol–water partition coefficient (Wildman–Crippen LogP) is 13.8. The summed E-state index contributed by atoms with van der Waals surface area (Å²) in [6.07, 6.45) is -4.59. The Morgan fingerprint density at radius 2 is 0.723 bits per heavy atom. The molecule has 0 fully saturated rings. The summed E-state index contributed by atoms with van der Waals surface area (Å²) in [5.41, 5.74) is 6.58. The molecular weight excluding hydrogens is 816 g/mol. The maximum absolute atomic E-state index is 14.7. The molecule has 11 aromatic rings. The van der Waals surface area contributed by atoms with E-state index in [1.165, 1.54) is 12.1 Å². The minimum absolute atomic E-state index is 0.0553. The average Bonchev–Trinajstić information content (AvgIpc) is 3.70. The van der Waals surface area contributed by atoms with Crippen LogP contribution in [0.4, 0.5) is 13.2 Å². The molecule has 7 nitrogen and oxygen atoms in total. The number of nitrogens with zero attached hydrogens (tertiary/aromatic N) is 7. The van der Waals surface area contributed by atoms with Crippen molar-refractivity contribution in [3.63, 3.8) is 0 Å². The van der Waals surface area contributed by atoms with Crippen molar-refractivity contribution in [2.24, 2.45) is 0 Å². The van der Waals surface area contributed by atoms with Gasteiger partial charge in [-0.1, -0.05) is 164 Å². The molecule has 0 atom stereocenters. The van der Waals surface area contributed by atoms with Gasteiger partial charge in [-0.3, -0.25) is 0 Å². The lowest BCUT2D eigenvalue weighted by Gasteiger charge is -2.18. The van der Waals surface area contributed by atoms with Gasteiger partial charge in [-0.05, 0) is 53.6 Å². The zero-order valence-corrected chi connectivity index (χ0v) is 34.4. The zero-order chi connectivity index (χ0) is 43.9. The molecule has 0 radical (unpaired) electrons. The number of fused-ring (bicyclic) bond motifs is 3. The summed E-state index contributed by atoms with van der Waals surface area (Å²) in [6, 6.07) is 63.9. The van der Waals surface area contributed by atoms with Crippen LogP contribution in [0, 0.1) is 0 Å². The molecule has 10 heteroatoms. The predicted molar refractivity (Wildman–Crippen MR) is 251 cm³/mol. The molecule has 0 aliphatic carbocycles. The highest BCUT2D eigenvalue weighted by molar-refractivity contribution is 6.11. The molecule has 65 heavy (non-hydrogen) atoms. The molecule has 0 saturated carbocycles. The van der Waals surface area contributed by atoms with Gasteiger partial charge >= 0.3 is 6.18 Å². The van der Waals surface area contributed by atoms with E-state index in [9.17, 15) is 13.2 Å². The second-order valence-electron chi connectivity index (χ2n) is 15.4. The summed E-state index contributed by atoms with van der Waals surface area (Å²) in [5.74, 6) is 2.86. The second kappa shape index (κ2) is 16.2. The highest BCUT2D eigenvalue weighted by atomic mass is 19.4. The van der Waals surface area contributed by atoms with Crippen molar-refractivity contribution in [1.29, 1.82) is 0 Å². The first kappa shape index (κ1) is 39.2. The monoisotopic (exact) mass is 849 g/mol. The van der Waals surface area contributed by atoms with Crippen LogP contribution in [0.25, 0.3) is 107 Å². The lowest BCUT2D eigenvalue weighted by atomic mass is 9.97. The van der Waals surface area contributed by atoms with Crippen LogP contribution in [0.2, 0.25) is 0 Å². The Labute approximate surface area is 371 Å². The Morgan fingerprint density at radius 3 is 1.25 bits per heavy atom. The van der Waals surface area contributed by atoms with Gasteiger partial charge in [0, 0.05) is 44.2 Å². The van der Waals surface area contributed by atoms with Crippen molar-refractivity contribution >= 4 is 21.8 Å². The molecule has 0 N–H and O–H groups in total. The van der Waals surface area contributed by atoms with E-state index < -0.39 is 11.7 Å². The Hall–Kier alpha value is -8.63. The first-order chi connectivity index (χ1) is 31.9. The molecule has 11 rings (SSSR count). The van der Waals surface area contributed by atoms with Crippen LogP contribution >= 0.6 is 0 Å². The Kier molecular flexibility index (Phi) is 9.81. The summed E-state index contributed by atoms with van der Waals surface area (Å²) in [7, 11) is 0. The van der Waals surface area contributed by atoms with Gasteiger partial charge in [-0.25, -0.2) is 29.9 Å². The number of benzene rings is 8. The number of halogens is 3. The third kappa shape index (κ3) is 7.46. The summed E-state index contributed by atoms with van der Waals surface area (Å²) >= 11 is 0. The number of hydrogen-bond acceptors (Lipinski definition) is 6. The van der Waals surface area contributed by atoms with E-state index in [2.05, 4.69) is 10.6 Å². The smallest absolute Gasteiger partial charge is 0.308 e. The molecule has 0 aliphatic heterocycles. The zero-order valence-electron chi connectivity index (χ0n) is 34.4.